The van der Waals surface area contributed by atoms with E-state index in [0.29, 0.717) is 5.75 Å². The Morgan fingerprint density at radius 1 is 1.14 bits per heavy atom. The van der Waals surface area contributed by atoms with Crippen molar-refractivity contribution < 1.29 is 14.3 Å². The molecule has 2 N–H and O–H groups in total. The minimum atomic E-state index is -0.894. The van der Waals surface area contributed by atoms with Crippen molar-refractivity contribution in [3.8, 4) is 5.75 Å². The molecule has 0 fully saturated rings. The minimum absolute atomic E-state index is 0.369. The van der Waals surface area contributed by atoms with E-state index in [4.69, 9.17) is 16.3 Å². The molecule has 0 unspecified atom stereocenters. The van der Waals surface area contributed by atoms with Gasteiger partial charge in [-0.1, -0.05) is 18.2 Å². The van der Waals surface area contributed by atoms with Gasteiger partial charge in [0.2, 0.25) is 0 Å². The van der Waals surface area contributed by atoms with Gasteiger partial charge in [0.25, 0.3) is 0 Å². The van der Waals surface area contributed by atoms with E-state index in [1.54, 1.807) is 30.3 Å². The monoisotopic (exact) mass is 214 g/mol. The summed E-state index contributed by atoms with van der Waals surface area (Å²) in [6.07, 6.45) is -0.815. The van der Waals surface area contributed by atoms with Crippen molar-refractivity contribution in [2.75, 3.05) is 0 Å². The Labute approximate surface area is 85.0 Å². The van der Waals surface area contributed by atoms with Gasteiger partial charge in [-0.05, 0) is 23.7 Å². The Kier molecular flexibility index (Phi) is 3.75. The molecule has 0 bridgehead atoms. The van der Waals surface area contributed by atoms with Crippen molar-refractivity contribution in [1.29, 1.82) is 0 Å². The molecule has 0 heterocycles. The van der Waals surface area contributed by atoms with Gasteiger partial charge in [0.05, 0.1) is 0 Å². The van der Waals surface area contributed by atoms with Crippen LogP contribution < -0.4 is 15.6 Å². The Bertz CT molecular complexity index is 329. The van der Waals surface area contributed by atoms with Gasteiger partial charge in [-0.2, -0.15) is 0 Å². The number of hydrogen-bond donors (Lipinski definition) is 2. The van der Waals surface area contributed by atoms with E-state index in [9.17, 15) is 9.59 Å². The van der Waals surface area contributed by atoms with Crippen molar-refractivity contribution in [3.05, 3.63) is 30.3 Å². The molecular formula is C8H7ClN2O3. The fourth-order valence-corrected chi connectivity index (χ4v) is 0.769. The summed E-state index contributed by atoms with van der Waals surface area (Å²) >= 11 is 4.90. The van der Waals surface area contributed by atoms with E-state index in [0.717, 1.165) is 0 Å². The topological polar surface area (TPSA) is 67.4 Å². The number of hydrogen-bond acceptors (Lipinski definition) is 3. The van der Waals surface area contributed by atoms with Crippen molar-refractivity contribution in [1.82, 2.24) is 10.9 Å². The Morgan fingerprint density at radius 3 is 2.36 bits per heavy atom. The number of hydrazine groups is 1. The van der Waals surface area contributed by atoms with E-state index in [1.807, 2.05) is 10.9 Å². The molecule has 1 aromatic carbocycles. The van der Waals surface area contributed by atoms with Crippen molar-refractivity contribution in [2.24, 2.45) is 0 Å². The summed E-state index contributed by atoms with van der Waals surface area (Å²) < 4.78 is 4.74. The number of para-hydroxylation sites is 1. The normalized spacial score (nSPS) is 8.93. The zero-order valence-corrected chi connectivity index (χ0v) is 7.75. The second-order valence-electron chi connectivity index (χ2n) is 2.23. The SMILES string of the molecule is O=C(Cl)NNC(=O)Oc1ccccc1. The highest BCUT2D eigenvalue weighted by Gasteiger charge is 2.03. The van der Waals surface area contributed by atoms with Crippen LogP contribution in [0.25, 0.3) is 0 Å². The molecule has 1 rings (SSSR count). The predicted octanol–water partition coefficient (Wildman–Crippen LogP) is 1.64. The molecule has 74 valence electrons. The first kappa shape index (κ1) is 10.3. The van der Waals surface area contributed by atoms with Crippen LogP contribution in [0.3, 0.4) is 0 Å². The zero-order chi connectivity index (χ0) is 10.4. The zero-order valence-electron chi connectivity index (χ0n) is 6.99. The standard InChI is InChI=1S/C8H7ClN2O3/c9-7(12)10-11-8(13)14-6-4-2-1-3-5-6/h1-5H,(H,10,12)(H,11,13). The van der Waals surface area contributed by atoms with Crippen LogP contribution in [0.1, 0.15) is 0 Å². The average molecular weight is 215 g/mol. The van der Waals surface area contributed by atoms with E-state index in [2.05, 4.69) is 0 Å². The molecule has 0 aliphatic rings. The summed E-state index contributed by atoms with van der Waals surface area (Å²) in [4.78, 5) is 21.1. The molecular weight excluding hydrogens is 208 g/mol. The molecule has 14 heavy (non-hydrogen) atoms. The molecule has 0 aromatic heterocycles. The second-order valence-corrected chi connectivity index (χ2v) is 2.57. The van der Waals surface area contributed by atoms with Crippen molar-refractivity contribution in [2.45, 2.75) is 0 Å². The first-order valence-corrected chi connectivity index (χ1v) is 4.04. The molecule has 0 atom stereocenters. The lowest BCUT2D eigenvalue weighted by molar-refractivity contribution is 0.195. The van der Waals surface area contributed by atoms with Crippen molar-refractivity contribution in [3.63, 3.8) is 0 Å². The fourth-order valence-electron chi connectivity index (χ4n) is 0.721. The number of benzene rings is 1. The molecule has 0 aliphatic heterocycles. The molecule has 0 radical (unpaired) electrons. The highest BCUT2D eigenvalue weighted by molar-refractivity contribution is 6.62. The maximum atomic E-state index is 10.9. The lowest BCUT2D eigenvalue weighted by Gasteiger charge is -2.04. The largest absolute Gasteiger partial charge is 0.431 e. The summed E-state index contributed by atoms with van der Waals surface area (Å²) in [6.45, 7) is 0. The summed E-state index contributed by atoms with van der Waals surface area (Å²) in [5, 5.41) is -0.894. The smallest absolute Gasteiger partial charge is 0.409 e. The van der Waals surface area contributed by atoms with Crippen LogP contribution >= 0.6 is 11.6 Å². The molecule has 0 saturated heterocycles. The molecule has 0 spiro atoms. The third-order valence-electron chi connectivity index (χ3n) is 1.22. The van der Waals surface area contributed by atoms with Gasteiger partial charge in [-0.25, -0.2) is 10.2 Å². The Hall–Kier alpha value is -1.75. The molecule has 0 saturated carbocycles. The summed E-state index contributed by atoms with van der Waals surface area (Å²) in [5.41, 5.74) is 3.81. The van der Waals surface area contributed by atoms with E-state index >= 15 is 0 Å². The van der Waals surface area contributed by atoms with Crippen LogP contribution in [0.4, 0.5) is 9.59 Å². The summed E-state index contributed by atoms with van der Waals surface area (Å²) in [7, 11) is 0. The summed E-state index contributed by atoms with van der Waals surface area (Å²) in [6, 6.07) is 8.40. The number of halogens is 1. The molecule has 1 aromatic rings. The highest BCUT2D eigenvalue weighted by atomic mass is 35.5. The number of carbonyl (C=O) groups excluding carboxylic acids is 2. The molecule has 5 nitrogen and oxygen atoms in total. The third kappa shape index (κ3) is 3.77. The fraction of sp³-hybridized carbons (Fsp3) is 0. The number of rotatable bonds is 1. The van der Waals surface area contributed by atoms with E-state index in [-0.39, 0.29) is 0 Å². The quantitative estimate of drug-likeness (QED) is 0.424. The minimum Gasteiger partial charge on any atom is -0.409 e. The van der Waals surface area contributed by atoms with Crippen LogP contribution in [0, 0.1) is 0 Å². The second kappa shape index (κ2) is 5.08. The maximum Gasteiger partial charge on any atom is 0.431 e. The summed E-state index contributed by atoms with van der Waals surface area (Å²) in [5.74, 6) is 0.369. The van der Waals surface area contributed by atoms with E-state index in [1.165, 1.54) is 0 Å². The van der Waals surface area contributed by atoms with Crippen LogP contribution in [0.15, 0.2) is 30.3 Å². The highest BCUT2D eigenvalue weighted by Crippen LogP contribution is 2.07. The third-order valence-corrected chi connectivity index (χ3v) is 1.31. The van der Waals surface area contributed by atoms with Crippen LogP contribution in [0.2, 0.25) is 0 Å². The van der Waals surface area contributed by atoms with Gasteiger partial charge < -0.3 is 4.74 Å². The Balaban J connectivity index is 2.38. The van der Waals surface area contributed by atoms with Crippen LogP contribution in [-0.2, 0) is 0 Å². The first-order chi connectivity index (χ1) is 6.68. The van der Waals surface area contributed by atoms with Crippen LogP contribution in [0.5, 0.6) is 5.75 Å². The van der Waals surface area contributed by atoms with Gasteiger partial charge in [0.1, 0.15) is 5.75 Å². The lowest BCUT2D eigenvalue weighted by atomic mass is 10.3. The van der Waals surface area contributed by atoms with Gasteiger partial charge in [0, 0.05) is 0 Å². The number of ether oxygens (including phenoxy) is 1. The lowest BCUT2D eigenvalue weighted by Crippen LogP contribution is -2.40. The molecule has 2 amide bonds. The first-order valence-electron chi connectivity index (χ1n) is 3.67. The van der Waals surface area contributed by atoms with Gasteiger partial charge in [-0.3, -0.25) is 10.2 Å². The van der Waals surface area contributed by atoms with Gasteiger partial charge in [-0.15, -0.1) is 0 Å². The van der Waals surface area contributed by atoms with Gasteiger partial charge >= 0.3 is 11.5 Å². The average Bonchev–Trinajstić information content (AvgIpc) is 2.16. The Morgan fingerprint density at radius 2 is 1.79 bits per heavy atom. The number of amides is 2. The molecule has 6 heteroatoms. The van der Waals surface area contributed by atoms with Gasteiger partial charge in [0.15, 0.2) is 0 Å². The van der Waals surface area contributed by atoms with E-state index < -0.39 is 11.5 Å². The molecule has 0 aliphatic carbocycles. The number of carbonyl (C=O) groups is 2. The number of nitrogens with one attached hydrogen (secondary N) is 2. The van der Waals surface area contributed by atoms with Crippen LogP contribution in [-0.4, -0.2) is 11.5 Å². The predicted molar refractivity (Wildman–Crippen MR) is 50.0 cm³/mol. The van der Waals surface area contributed by atoms with Crippen molar-refractivity contribution >= 4 is 23.1 Å². The maximum absolute atomic E-state index is 10.9.